The molecule has 0 aromatic carbocycles. The molecular formula is C11H19N3. The number of hydrogen-bond acceptors (Lipinski definition) is 3. The third kappa shape index (κ3) is 2.77. The van der Waals surface area contributed by atoms with Gasteiger partial charge in [-0.3, -0.25) is 0 Å². The molecule has 3 heteroatoms. The third-order valence-electron chi connectivity index (χ3n) is 2.26. The van der Waals surface area contributed by atoms with Gasteiger partial charge in [-0.2, -0.15) is 0 Å². The number of aryl methyl sites for hydroxylation is 3. The van der Waals surface area contributed by atoms with Crippen LogP contribution in [0.15, 0.2) is 0 Å². The molecule has 0 aliphatic carbocycles. The van der Waals surface area contributed by atoms with E-state index in [1.165, 1.54) is 5.56 Å². The van der Waals surface area contributed by atoms with Gasteiger partial charge in [0.15, 0.2) is 0 Å². The summed E-state index contributed by atoms with van der Waals surface area (Å²) in [5.74, 6) is 0.860. The maximum Gasteiger partial charge on any atom is 0.125 e. The van der Waals surface area contributed by atoms with Gasteiger partial charge in [-0.25, -0.2) is 9.97 Å². The fourth-order valence-electron chi connectivity index (χ4n) is 1.55. The van der Waals surface area contributed by atoms with E-state index in [-0.39, 0.29) is 0 Å². The van der Waals surface area contributed by atoms with E-state index in [1.807, 2.05) is 20.8 Å². The predicted octanol–water partition coefficient (Wildman–Crippen LogP) is 1.90. The summed E-state index contributed by atoms with van der Waals surface area (Å²) < 4.78 is 0. The molecule has 0 aliphatic rings. The number of hydrogen-bond donors (Lipinski definition) is 1. The van der Waals surface area contributed by atoms with Crippen LogP contribution in [0.3, 0.4) is 0 Å². The van der Waals surface area contributed by atoms with E-state index in [2.05, 4.69) is 22.2 Å². The first-order valence-corrected chi connectivity index (χ1v) is 5.16. The first-order valence-electron chi connectivity index (χ1n) is 5.16. The lowest BCUT2D eigenvalue weighted by Crippen LogP contribution is -2.17. The Morgan fingerprint density at radius 1 is 1.07 bits per heavy atom. The molecule has 0 atom stereocenters. The van der Waals surface area contributed by atoms with Crippen molar-refractivity contribution in [3.8, 4) is 0 Å². The summed E-state index contributed by atoms with van der Waals surface area (Å²) in [4.78, 5) is 8.72. The second-order valence-corrected chi connectivity index (χ2v) is 3.60. The van der Waals surface area contributed by atoms with E-state index in [4.69, 9.17) is 0 Å². The van der Waals surface area contributed by atoms with E-state index >= 15 is 0 Å². The van der Waals surface area contributed by atoms with Gasteiger partial charge in [0.2, 0.25) is 0 Å². The molecular weight excluding hydrogens is 174 g/mol. The maximum absolute atomic E-state index is 4.36. The number of aromatic nitrogens is 2. The molecule has 1 rings (SSSR count). The summed E-state index contributed by atoms with van der Waals surface area (Å²) in [7, 11) is 0. The Morgan fingerprint density at radius 2 is 1.64 bits per heavy atom. The summed E-state index contributed by atoms with van der Waals surface area (Å²) in [6.07, 6.45) is 1.16. The van der Waals surface area contributed by atoms with Crippen molar-refractivity contribution >= 4 is 0 Å². The largest absolute Gasteiger partial charge is 0.313 e. The Morgan fingerprint density at radius 3 is 2.14 bits per heavy atom. The third-order valence-corrected chi connectivity index (χ3v) is 2.26. The van der Waals surface area contributed by atoms with Crippen molar-refractivity contribution in [3.63, 3.8) is 0 Å². The van der Waals surface area contributed by atoms with Crippen LogP contribution in [-0.4, -0.2) is 16.5 Å². The Hall–Kier alpha value is -0.960. The highest BCUT2D eigenvalue weighted by Gasteiger charge is 2.05. The number of rotatable bonds is 4. The van der Waals surface area contributed by atoms with E-state index in [0.717, 1.165) is 36.7 Å². The smallest absolute Gasteiger partial charge is 0.125 e. The highest BCUT2D eigenvalue weighted by Crippen LogP contribution is 2.09. The first kappa shape index (κ1) is 11.1. The van der Waals surface area contributed by atoms with Crippen LogP contribution in [0.5, 0.6) is 0 Å². The van der Waals surface area contributed by atoms with Crippen LogP contribution in [0.2, 0.25) is 0 Å². The minimum absolute atomic E-state index is 0.860. The zero-order chi connectivity index (χ0) is 10.6. The van der Waals surface area contributed by atoms with Gasteiger partial charge in [0.1, 0.15) is 5.82 Å². The van der Waals surface area contributed by atoms with Crippen molar-refractivity contribution in [2.24, 2.45) is 0 Å². The molecule has 78 valence electrons. The molecule has 1 aromatic rings. The monoisotopic (exact) mass is 193 g/mol. The normalized spacial score (nSPS) is 10.6. The summed E-state index contributed by atoms with van der Waals surface area (Å²) in [6, 6.07) is 0. The zero-order valence-electron chi connectivity index (χ0n) is 9.52. The fourth-order valence-corrected chi connectivity index (χ4v) is 1.55. The lowest BCUT2D eigenvalue weighted by molar-refractivity contribution is 0.663. The van der Waals surface area contributed by atoms with Crippen molar-refractivity contribution < 1.29 is 0 Å². The Bertz CT molecular complexity index is 284. The van der Waals surface area contributed by atoms with E-state index in [9.17, 15) is 0 Å². The quantitative estimate of drug-likeness (QED) is 0.742. The van der Waals surface area contributed by atoms with E-state index < -0.39 is 0 Å². The number of nitrogens with zero attached hydrogens (tertiary/aromatic N) is 2. The summed E-state index contributed by atoms with van der Waals surface area (Å²) in [5, 5.41) is 3.37. The summed E-state index contributed by atoms with van der Waals surface area (Å²) in [5.41, 5.74) is 3.43. The van der Waals surface area contributed by atoms with Crippen molar-refractivity contribution in [3.05, 3.63) is 22.8 Å². The Kier molecular flexibility index (Phi) is 4.01. The van der Waals surface area contributed by atoms with E-state index in [1.54, 1.807) is 0 Å². The SMILES string of the molecule is CCCNCc1c(C)nc(C)nc1C. The minimum atomic E-state index is 0.860. The predicted molar refractivity (Wildman–Crippen MR) is 58.2 cm³/mol. The Labute approximate surface area is 86.0 Å². The average molecular weight is 193 g/mol. The van der Waals surface area contributed by atoms with Gasteiger partial charge in [-0.1, -0.05) is 6.92 Å². The van der Waals surface area contributed by atoms with Gasteiger partial charge >= 0.3 is 0 Å². The molecule has 1 aromatic heterocycles. The van der Waals surface area contributed by atoms with Crippen molar-refractivity contribution in [2.45, 2.75) is 40.7 Å². The van der Waals surface area contributed by atoms with Crippen molar-refractivity contribution in [1.29, 1.82) is 0 Å². The molecule has 0 radical (unpaired) electrons. The van der Waals surface area contributed by atoms with E-state index in [0.29, 0.717) is 0 Å². The van der Waals surface area contributed by atoms with Crippen molar-refractivity contribution in [1.82, 2.24) is 15.3 Å². The summed E-state index contributed by atoms with van der Waals surface area (Å²) >= 11 is 0. The van der Waals surface area contributed by atoms with Crippen LogP contribution in [0.25, 0.3) is 0 Å². The van der Waals surface area contributed by atoms with Crippen LogP contribution in [0.1, 0.15) is 36.1 Å². The highest BCUT2D eigenvalue weighted by atomic mass is 14.9. The molecule has 0 aliphatic heterocycles. The molecule has 0 saturated heterocycles. The number of nitrogens with one attached hydrogen (secondary N) is 1. The maximum atomic E-state index is 4.36. The Balaban J connectivity index is 2.75. The molecule has 0 fully saturated rings. The lowest BCUT2D eigenvalue weighted by atomic mass is 10.1. The fraction of sp³-hybridized carbons (Fsp3) is 0.636. The van der Waals surface area contributed by atoms with Crippen LogP contribution in [-0.2, 0) is 6.54 Å². The van der Waals surface area contributed by atoms with Gasteiger partial charge in [-0.15, -0.1) is 0 Å². The van der Waals surface area contributed by atoms with Crippen LogP contribution in [0, 0.1) is 20.8 Å². The molecule has 0 bridgehead atoms. The van der Waals surface area contributed by atoms with Gasteiger partial charge < -0.3 is 5.32 Å². The minimum Gasteiger partial charge on any atom is -0.313 e. The average Bonchev–Trinajstić information content (AvgIpc) is 2.09. The zero-order valence-corrected chi connectivity index (χ0v) is 9.52. The lowest BCUT2D eigenvalue weighted by Gasteiger charge is -2.09. The van der Waals surface area contributed by atoms with Gasteiger partial charge in [-0.05, 0) is 33.7 Å². The second-order valence-electron chi connectivity index (χ2n) is 3.60. The van der Waals surface area contributed by atoms with Crippen molar-refractivity contribution in [2.75, 3.05) is 6.54 Å². The van der Waals surface area contributed by atoms with Crippen LogP contribution in [0.4, 0.5) is 0 Å². The standard InChI is InChI=1S/C11H19N3/c1-5-6-12-7-11-8(2)13-10(4)14-9(11)3/h12H,5-7H2,1-4H3. The molecule has 0 amide bonds. The summed E-state index contributed by atoms with van der Waals surface area (Å²) in [6.45, 7) is 10.1. The molecule has 0 spiro atoms. The van der Waals surface area contributed by atoms with Gasteiger partial charge in [0, 0.05) is 23.5 Å². The molecule has 1 heterocycles. The molecule has 1 N–H and O–H groups in total. The highest BCUT2D eigenvalue weighted by molar-refractivity contribution is 5.23. The van der Waals surface area contributed by atoms with Gasteiger partial charge in [0.05, 0.1) is 0 Å². The molecule has 0 unspecified atom stereocenters. The molecule has 14 heavy (non-hydrogen) atoms. The van der Waals surface area contributed by atoms with Gasteiger partial charge in [0.25, 0.3) is 0 Å². The van der Waals surface area contributed by atoms with Crippen LogP contribution < -0.4 is 5.32 Å². The molecule has 0 saturated carbocycles. The molecule has 3 nitrogen and oxygen atoms in total. The second kappa shape index (κ2) is 5.05. The first-order chi connectivity index (χ1) is 6.65. The van der Waals surface area contributed by atoms with Crippen LogP contribution >= 0.6 is 0 Å². The topological polar surface area (TPSA) is 37.8 Å².